The van der Waals surface area contributed by atoms with Gasteiger partial charge in [-0.1, -0.05) is 23.9 Å². The Morgan fingerprint density at radius 2 is 2.06 bits per heavy atom. The lowest BCUT2D eigenvalue weighted by Crippen LogP contribution is -2.16. The predicted octanol–water partition coefficient (Wildman–Crippen LogP) is 4.95. The highest BCUT2D eigenvalue weighted by Crippen LogP contribution is 2.32. The highest BCUT2D eigenvalue weighted by molar-refractivity contribution is 7.99. The maximum absolute atomic E-state index is 12.9. The molecular formula is C22H21F3N4O4S2. The van der Waals surface area contributed by atoms with Crippen molar-refractivity contribution in [3.8, 4) is 5.75 Å². The number of benzene rings is 1. The molecule has 1 aromatic carbocycles. The molecule has 0 radical (unpaired) electrons. The minimum absolute atomic E-state index is 0.0265. The van der Waals surface area contributed by atoms with E-state index in [4.69, 9.17) is 9.47 Å². The number of thiophene rings is 1. The zero-order valence-electron chi connectivity index (χ0n) is 18.7. The van der Waals surface area contributed by atoms with Crippen LogP contribution in [0.2, 0.25) is 0 Å². The van der Waals surface area contributed by atoms with Crippen LogP contribution in [0.3, 0.4) is 0 Å². The van der Waals surface area contributed by atoms with Gasteiger partial charge >= 0.3 is 12.1 Å². The lowest BCUT2D eigenvalue weighted by atomic mass is 10.2. The van der Waals surface area contributed by atoms with Gasteiger partial charge in [0.05, 0.1) is 24.0 Å². The Morgan fingerprint density at radius 1 is 1.29 bits per heavy atom. The standard InChI is InChI=1S/C22H21F3N4O4S2/c1-4-8-29-17(11-33-15-7-5-6-14(10-15)22(23,24)25)27-28-21(29)34-12-18(30)26-19-16(20(31)32-3)9-13(2)35-19/h4-7,9-10H,1,8,11-12H2,2-3H3,(H,26,30). The van der Waals surface area contributed by atoms with E-state index in [1.807, 2.05) is 6.92 Å². The van der Waals surface area contributed by atoms with Crippen molar-refractivity contribution < 1.29 is 32.2 Å². The summed E-state index contributed by atoms with van der Waals surface area (Å²) >= 11 is 2.36. The van der Waals surface area contributed by atoms with Gasteiger partial charge in [-0.2, -0.15) is 13.2 Å². The van der Waals surface area contributed by atoms with Gasteiger partial charge < -0.3 is 14.8 Å². The summed E-state index contributed by atoms with van der Waals surface area (Å²) in [5.41, 5.74) is -0.543. The Balaban J connectivity index is 1.65. The number of hydrogen-bond donors (Lipinski definition) is 1. The molecule has 0 aliphatic carbocycles. The number of nitrogens with one attached hydrogen (secondary N) is 1. The molecule has 2 heterocycles. The number of nitrogens with zero attached hydrogens (tertiary/aromatic N) is 3. The number of methoxy groups -OCH3 is 1. The Hall–Kier alpha value is -3.32. The molecule has 0 aliphatic heterocycles. The molecule has 0 fully saturated rings. The molecule has 1 N–H and O–H groups in total. The van der Waals surface area contributed by atoms with Crippen molar-refractivity contribution in [2.45, 2.75) is 31.4 Å². The van der Waals surface area contributed by atoms with Crippen molar-refractivity contribution in [2.75, 3.05) is 18.2 Å². The number of aryl methyl sites for hydroxylation is 1. The molecular weight excluding hydrogens is 505 g/mol. The van der Waals surface area contributed by atoms with Gasteiger partial charge in [0.2, 0.25) is 5.91 Å². The van der Waals surface area contributed by atoms with E-state index in [0.29, 0.717) is 22.5 Å². The lowest BCUT2D eigenvalue weighted by molar-refractivity contribution is -0.137. The van der Waals surface area contributed by atoms with Crippen LogP contribution in [0.15, 0.2) is 48.1 Å². The molecule has 0 atom stereocenters. The van der Waals surface area contributed by atoms with Crippen molar-refractivity contribution in [3.63, 3.8) is 0 Å². The van der Waals surface area contributed by atoms with Gasteiger partial charge in [0.15, 0.2) is 11.0 Å². The number of thioether (sulfide) groups is 1. The zero-order valence-corrected chi connectivity index (χ0v) is 20.4. The normalized spacial score (nSPS) is 11.2. The minimum Gasteiger partial charge on any atom is -0.486 e. The average molecular weight is 527 g/mol. The first-order valence-corrected chi connectivity index (χ1v) is 11.9. The van der Waals surface area contributed by atoms with Crippen LogP contribution in [0.4, 0.5) is 18.2 Å². The van der Waals surface area contributed by atoms with E-state index in [9.17, 15) is 22.8 Å². The number of halogens is 3. The fraction of sp³-hybridized carbons (Fsp3) is 0.273. The number of amides is 1. The van der Waals surface area contributed by atoms with Crippen molar-refractivity contribution in [1.29, 1.82) is 0 Å². The number of allylic oxidation sites excluding steroid dienone is 1. The van der Waals surface area contributed by atoms with Crippen LogP contribution in [0.1, 0.15) is 26.6 Å². The van der Waals surface area contributed by atoms with E-state index < -0.39 is 17.7 Å². The summed E-state index contributed by atoms with van der Waals surface area (Å²) in [7, 11) is 1.26. The average Bonchev–Trinajstić information content (AvgIpc) is 3.38. The van der Waals surface area contributed by atoms with E-state index >= 15 is 0 Å². The largest absolute Gasteiger partial charge is 0.486 e. The maximum atomic E-state index is 12.9. The Kier molecular flexibility index (Phi) is 8.57. The van der Waals surface area contributed by atoms with Crippen LogP contribution in [-0.4, -0.2) is 39.5 Å². The SMILES string of the molecule is C=CCn1c(COc2cccc(C(F)(F)F)c2)nnc1SCC(=O)Nc1sc(C)cc1C(=O)OC. The summed E-state index contributed by atoms with van der Waals surface area (Å²) in [5.74, 6) is -0.548. The summed E-state index contributed by atoms with van der Waals surface area (Å²) in [4.78, 5) is 25.2. The first-order valence-electron chi connectivity index (χ1n) is 10.1. The molecule has 0 bridgehead atoms. The molecule has 1 amide bonds. The van der Waals surface area contributed by atoms with E-state index in [-0.39, 0.29) is 29.6 Å². The molecule has 0 unspecified atom stereocenters. The number of hydrogen-bond acceptors (Lipinski definition) is 8. The number of carbonyl (C=O) groups excluding carboxylic acids is 2. The molecule has 8 nitrogen and oxygen atoms in total. The van der Waals surface area contributed by atoms with E-state index in [2.05, 4.69) is 22.1 Å². The monoisotopic (exact) mass is 526 g/mol. The number of anilines is 1. The van der Waals surface area contributed by atoms with Crippen LogP contribution in [-0.2, 0) is 28.9 Å². The van der Waals surface area contributed by atoms with Gasteiger partial charge in [0.1, 0.15) is 17.4 Å². The molecule has 35 heavy (non-hydrogen) atoms. The summed E-state index contributed by atoms with van der Waals surface area (Å²) < 4.78 is 50.6. The third kappa shape index (κ3) is 6.85. The fourth-order valence-corrected chi connectivity index (χ4v) is 4.60. The maximum Gasteiger partial charge on any atom is 0.416 e. The summed E-state index contributed by atoms with van der Waals surface area (Å²) in [6.07, 6.45) is -2.88. The molecule has 0 aliphatic rings. The lowest BCUT2D eigenvalue weighted by Gasteiger charge is -2.11. The number of alkyl halides is 3. The highest BCUT2D eigenvalue weighted by Gasteiger charge is 2.30. The van der Waals surface area contributed by atoms with Gasteiger partial charge in [-0.25, -0.2) is 4.79 Å². The molecule has 0 spiro atoms. The molecule has 2 aromatic heterocycles. The number of carbonyl (C=O) groups is 2. The van der Waals surface area contributed by atoms with Crippen molar-refractivity contribution in [2.24, 2.45) is 0 Å². The fourth-order valence-electron chi connectivity index (χ4n) is 2.92. The summed E-state index contributed by atoms with van der Waals surface area (Å²) in [6, 6.07) is 6.17. The first kappa shape index (κ1) is 26.3. The first-order chi connectivity index (χ1) is 16.6. The van der Waals surface area contributed by atoms with Gasteiger partial charge in [0, 0.05) is 11.4 Å². The second-order valence-corrected chi connectivity index (χ2v) is 9.24. The van der Waals surface area contributed by atoms with Gasteiger partial charge in [-0.05, 0) is 31.2 Å². The molecule has 13 heteroatoms. The highest BCUT2D eigenvalue weighted by atomic mass is 32.2. The third-order valence-corrected chi connectivity index (χ3v) is 6.41. The van der Waals surface area contributed by atoms with Crippen LogP contribution in [0.5, 0.6) is 5.75 Å². The second-order valence-electron chi connectivity index (χ2n) is 7.04. The van der Waals surface area contributed by atoms with Gasteiger partial charge in [-0.15, -0.1) is 28.1 Å². The van der Waals surface area contributed by atoms with Crippen LogP contribution < -0.4 is 10.1 Å². The van der Waals surface area contributed by atoms with Crippen LogP contribution >= 0.6 is 23.1 Å². The number of ether oxygens (including phenoxy) is 2. The molecule has 186 valence electrons. The second kappa shape index (κ2) is 11.4. The summed E-state index contributed by atoms with van der Waals surface area (Å²) in [6.45, 7) is 5.66. The Bertz CT molecular complexity index is 1220. The van der Waals surface area contributed by atoms with Crippen molar-refractivity contribution in [1.82, 2.24) is 14.8 Å². The summed E-state index contributed by atoms with van der Waals surface area (Å²) in [5, 5.41) is 11.6. The van der Waals surface area contributed by atoms with E-state index in [0.717, 1.165) is 28.8 Å². The number of aromatic nitrogens is 3. The number of rotatable bonds is 10. The predicted molar refractivity (Wildman–Crippen MR) is 126 cm³/mol. The van der Waals surface area contributed by atoms with Crippen LogP contribution in [0, 0.1) is 6.92 Å². The Morgan fingerprint density at radius 3 is 2.74 bits per heavy atom. The Labute approximate surface area is 207 Å². The van der Waals surface area contributed by atoms with E-state index in [1.54, 1.807) is 16.7 Å². The topological polar surface area (TPSA) is 95.3 Å². The van der Waals surface area contributed by atoms with Crippen LogP contribution in [0.25, 0.3) is 0 Å². The third-order valence-electron chi connectivity index (χ3n) is 4.48. The molecule has 0 saturated heterocycles. The van der Waals surface area contributed by atoms with Gasteiger partial charge in [0.25, 0.3) is 0 Å². The van der Waals surface area contributed by atoms with Crippen molar-refractivity contribution in [3.05, 3.63) is 64.8 Å². The smallest absolute Gasteiger partial charge is 0.416 e. The van der Waals surface area contributed by atoms with Gasteiger partial charge in [-0.3, -0.25) is 9.36 Å². The molecule has 3 aromatic rings. The zero-order chi connectivity index (χ0) is 25.6. The molecule has 0 saturated carbocycles. The minimum atomic E-state index is -4.48. The quantitative estimate of drug-likeness (QED) is 0.227. The number of esters is 1. The van der Waals surface area contributed by atoms with Crippen molar-refractivity contribution >= 4 is 40.0 Å². The molecule has 3 rings (SSSR count). The van der Waals surface area contributed by atoms with E-state index in [1.165, 1.54) is 30.6 Å².